The fourth-order valence-corrected chi connectivity index (χ4v) is 4.70. The highest BCUT2D eigenvalue weighted by Crippen LogP contribution is 2.28. The van der Waals surface area contributed by atoms with Gasteiger partial charge >= 0.3 is 0 Å². The molecule has 2 aromatic carbocycles. The van der Waals surface area contributed by atoms with Crippen LogP contribution in [0.25, 0.3) is 0 Å². The van der Waals surface area contributed by atoms with Crippen LogP contribution in [-0.2, 0) is 26.2 Å². The largest absolute Gasteiger partial charge is 0.497 e. The molecule has 8 nitrogen and oxygen atoms in total. The molecule has 0 aromatic heterocycles. The summed E-state index contributed by atoms with van der Waals surface area (Å²) in [6.07, 6.45) is 1.79. The molecule has 2 rings (SSSR count). The first-order valence-corrected chi connectivity index (χ1v) is 13.6. The lowest BCUT2D eigenvalue weighted by atomic mass is 10.1. The van der Waals surface area contributed by atoms with E-state index in [1.807, 2.05) is 13.8 Å². The molecular formula is C24H32BrN3O5S. The number of nitrogens with zero attached hydrogens (tertiary/aromatic N) is 2. The molecule has 2 amide bonds. The third kappa shape index (κ3) is 7.46. The molecule has 0 bridgehead atoms. The summed E-state index contributed by atoms with van der Waals surface area (Å²) in [6, 6.07) is 13.1. The van der Waals surface area contributed by atoms with E-state index in [2.05, 4.69) is 21.2 Å². The highest BCUT2D eigenvalue weighted by molar-refractivity contribution is 9.10. The van der Waals surface area contributed by atoms with Crippen molar-refractivity contribution in [3.63, 3.8) is 0 Å². The van der Waals surface area contributed by atoms with Gasteiger partial charge in [0.05, 0.1) is 19.1 Å². The molecule has 0 unspecified atom stereocenters. The van der Waals surface area contributed by atoms with Gasteiger partial charge in [-0.15, -0.1) is 0 Å². The van der Waals surface area contributed by atoms with Crippen molar-refractivity contribution in [1.29, 1.82) is 0 Å². The number of benzene rings is 2. The Balaban J connectivity index is 2.39. The van der Waals surface area contributed by atoms with Gasteiger partial charge in [0.25, 0.3) is 0 Å². The van der Waals surface area contributed by atoms with E-state index in [0.29, 0.717) is 15.9 Å². The fourth-order valence-electron chi connectivity index (χ4n) is 3.22. The summed E-state index contributed by atoms with van der Waals surface area (Å²) in [6.45, 7) is 5.17. The number of carbonyl (C=O) groups excluding carboxylic acids is 2. The van der Waals surface area contributed by atoms with Crippen LogP contribution in [0.3, 0.4) is 0 Å². The smallest absolute Gasteiger partial charge is 0.244 e. The zero-order valence-corrected chi connectivity index (χ0v) is 22.5. The van der Waals surface area contributed by atoms with Crippen LogP contribution in [0.4, 0.5) is 5.69 Å². The number of sulfonamides is 1. The van der Waals surface area contributed by atoms with Crippen molar-refractivity contribution in [2.24, 2.45) is 0 Å². The van der Waals surface area contributed by atoms with E-state index in [9.17, 15) is 18.0 Å². The number of ether oxygens (including phenoxy) is 1. The Morgan fingerprint density at radius 3 is 2.24 bits per heavy atom. The predicted octanol–water partition coefficient (Wildman–Crippen LogP) is 3.56. The molecule has 0 fully saturated rings. The molecule has 0 saturated carbocycles. The van der Waals surface area contributed by atoms with Gasteiger partial charge < -0.3 is 15.0 Å². The summed E-state index contributed by atoms with van der Waals surface area (Å²) in [4.78, 5) is 27.8. The van der Waals surface area contributed by atoms with Crippen LogP contribution < -0.4 is 14.4 Å². The lowest BCUT2D eigenvalue weighted by Crippen LogP contribution is -2.52. The van der Waals surface area contributed by atoms with Crippen LogP contribution in [0, 0.1) is 0 Å². The molecule has 34 heavy (non-hydrogen) atoms. The van der Waals surface area contributed by atoms with E-state index in [1.165, 1.54) is 4.90 Å². The number of carbonyl (C=O) groups is 2. The molecule has 0 spiro atoms. The van der Waals surface area contributed by atoms with E-state index in [1.54, 1.807) is 62.6 Å². The number of hydrogen-bond acceptors (Lipinski definition) is 5. The molecule has 0 aliphatic carbocycles. The molecule has 1 N–H and O–H groups in total. The SMILES string of the molecule is CC[C@H](C)NC(=O)[C@@H](C)N(Cc1ccc(OC)cc1)C(=O)CN(c1ccccc1Br)S(C)(=O)=O. The predicted molar refractivity (Wildman–Crippen MR) is 137 cm³/mol. The maximum Gasteiger partial charge on any atom is 0.244 e. The van der Waals surface area contributed by atoms with Crippen LogP contribution in [0.2, 0.25) is 0 Å². The molecular weight excluding hydrogens is 522 g/mol. The van der Waals surface area contributed by atoms with Crippen LogP contribution in [0.5, 0.6) is 5.75 Å². The van der Waals surface area contributed by atoms with Crippen molar-refractivity contribution < 1.29 is 22.7 Å². The monoisotopic (exact) mass is 553 g/mol. The van der Waals surface area contributed by atoms with Crippen molar-refractivity contribution in [3.05, 3.63) is 58.6 Å². The van der Waals surface area contributed by atoms with E-state index >= 15 is 0 Å². The van der Waals surface area contributed by atoms with Crippen LogP contribution in [0.15, 0.2) is 53.0 Å². The number of halogens is 1. The van der Waals surface area contributed by atoms with Gasteiger partial charge in [0.2, 0.25) is 21.8 Å². The maximum atomic E-state index is 13.5. The van der Waals surface area contributed by atoms with E-state index in [0.717, 1.165) is 22.5 Å². The first kappa shape index (κ1) is 27.7. The van der Waals surface area contributed by atoms with Crippen LogP contribution in [-0.4, -0.2) is 57.1 Å². The Morgan fingerprint density at radius 2 is 1.71 bits per heavy atom. The zero-order chi connectivity index (χ0) is 25.5. The minimum atomic E-state index is -3.78. The number of amides is 2. The Labute approximate surface area is 210 Å². The third-order valence-electron chi connectivity index (χ3n) is 5.48. The number of anilines is 1. The third-order valence-corrected chi connectivity index (χ3v) is 7.28. The first-order chi connectivity index (χ1) is 16.0. The Morgan fingerprint density at radius 1 is 1.09 bits per heavy atom. The van der Waals surface area contributed by atoms with Crippen LogP contribution in [0.1, 0.15) is 32.8 Å². The number of para-hydroxylation sites is 1. The Kier molecular flexibility index (Phi) is 9.93. The summed E-state index contributed by atoms with van der Waals surface area (Å²) in [7, 11) is -2.22. The van der Waals surface area contributed by atoms with Gasteiger partial charge in [0, 0.05) is 17.1 Å². The summed E-state index contributed by atoms with van der Waals surface area (Å²) in [5.41, 5.74) is 1.13. The van der Waals surface area contributed by atoms with Gasteiger partial charge in [-0.25, -0.2) is 8.42 Å². The summed E-state index contributed by atoms with van der Waals surface area (Å²) >= 11 is 3.36. The van der Waals surface area contributed by atoms with Crippen molar-refractivity contribution >= 4 is 43.5 Å². The van der Waals surface area contributed by atoms with E-state index in [4.69, 9.17) is 4.74 Å². The molecule has 0 aliphatic heterocycles. The fraction of sp³-hybridized carbons (Fsp3) is 0.417. The molecule has 2 aromatic rings. The summed E-state index contributed by atoms with van der Waals surface area (Å²) < 4.78 is 32.0. The van der Waals surface area contributed by atoms with Gasteiger partial charge in [-0.3, -0.25) is 13.9 Å². The van der Waals surface area contributed by atoms with Crippen LogP contribution >= 0.6 is 15.9 Å². The lowest BCUT2D eigenvalue weighted by molar-refractivity contribution is -0.139. The summed E-state index contributed by atoms with van der Waals surface area (Å²) in [5, 5.41) is 2.90. The standard InChI is InChI=1S/C24H32BrN3O5S/c1-6-17(2)26-24(30)18(3)27(15-19-11-13-20(33-4)14-12-19)23(29)16-28(34(5,31)32)22-10-8-7-9-21(22)25/h7-14,17-18H,6,15-16H2,1-5H3,(H,26,30)/t17-,18+/m0/s1. The second-order valence-electron chi connectivity index (χ2n) is 8.08. The first-order valence-electron chi connectivity index (χ1n) is 10.9. The van der Waals surface area contributed by atoms with Gasteiger partial charge in [-0.1, -0.05) is 31.2 Å². The number of hydrogen-bond donors (Lipinski definition) is 1. The zero-order valence-electron chi connectivity index (χ0n) is 20.1. The van der Waals surface area contributed by atoms with Gasteiger partial charge in [0.15, 0.2) is 0 Å². The van der Waals surface area contributed by atoms with Crippen molar-refractivity contribution in [2.45, 2.75) is 45.8 Å². The highest BCUT2D eigenvalue weighted by Gasteiger charge is 2.31. The maximum absolute atomic E-state index is 13.5. The highest BCUT2D eigenvalue weighted by atomic mass is 79.9. The van der Waals surface area contributed by atoms with Crippen molar-refractivity contribution in [2.75, 3.05) is 24.2 Å². The molecule has 10 heteroatoms. The van der Waals surface area contributed by atoms with Crippen molar-refractivity contribution in [3.8, 4) is 5.75 Å². The second-order valence-corrected chi connectivity index (χ2v) is 10.8. The molecule has 0 saturated heterocycles. The quantitative estimate of drug-likeness (QED) is 0.459. The van der Waals surface area contributed by atoms with Crippen molar-refractivity contribution in [1.82, 2.24) is 10.2 Å². The minimum absolute atomic E-state index is 0.0549. The molecule has 2 atom stereocenters. The molecule has 0 heterocycles. The normalized spacial score (nSPS) is 13.0. The van der Waals surface area contributed by atoms with E-state index in [-0.39, 0.29) is 18.5 Å². The average Bonchev–Trinajstić information content (AvgIpc) is 2.80. The van der Waals surface area contributed by atoms with Gasteiger partial charge in [-0.05, 0) is 66.0 Å². The molecule has 0 aliphatic rings. The van der Waals surface area contributed by atoms with Gasteiger partial charge in [0.1, 0.15) is 18.3 Å². The Hall–Kier alpha value is -2.59. The van der Waals surface area contributed by atoms with Gasteiger partial charge in [-0.2, -0.15) is 0 Å². The molecule has 0 radical (unpaired) electrons. The minimum Gasteiger partial charge on any atom is -0.497 e. The second kappa shape index (κ2) is 12.2. The Bertz CT molecular complexity index is 1090. The molecule has 186 valence electrons. The summed E-state index contributed by atoms with van der Waals surface area (Å²) in [5.74, 6) is -0.131. The number of rotatable bonds is 11. The lowest BCUT2D eigenvalue weighted by Gasteiger charge is -2.32. The van der Waals surface area contributed by atoms with E-state index < -0.39 is 28.5 Å². The topological polar surface area (TPSA) is 96.0 Å². The number of nitrogens with one attached hydrogen (secondary N) is 1. The average molecular weight is 555 g/mol. The number of methoxy groups -OCH3 is 1.